The van der Waals surface area contributed by atoms with Crippen LogP contribution >= 0.6 is 0 Å². The van der Waals surface area contributed by atoms with Gasteiger partial charge in [0.15, 0.2) is 0 Å². The summed E-state index contributed by atoms with van der Waals surface area (Å²) in [5.41, 5.74) is 6.50. The molecule has 0 unspecified atom stereocenters. The van der Waals surface area contributed by atoms with Gasteiger partial charge in [0.1, 0.15) is 5.82 Å². The quantitative estimate of drug-likeness (QED) is 0.932. The topological polar surface area (TPSA) is 85.3 Å². The number of likely N-dealkylation sites (tertiary alicyclic amines) is 1. The number of carbonyl (C=O) groups is 1. The van der Waals surface area contributed by atoms with Gasteiger partial charge in [0.2, 0.25) is 17.6 Å². The Morgan fingerprint density at radius 1 is 1.52 bits per heavy atom. The Balaban J connectivity index is 1.76. The minimum atomic E-state index is -0.300. The van der Waals surface area contributed by atoms with Gasteiger partial charge in [-0.3, -0.25) is 9.69 Å². The standard InChI is InChI=1S/C16H19FN4O2/c1-9-3-4-11(7-13(9)17)15-19-16(23-20-15)10(2)21-6-5-12(8-21)14(18)22/h3-4,7,10,12H,5-6,8H2,1-2H3,(H2,18,22)/t10-,12-/m0/s1. The van der Waals surface area contributed by atoms with Crippen molar-refractivity contribution in [2.75, 3.05) is 13.1 Å². The van der Waals surface area contributed by atoms with Crippen LogP contribution in [0.5, 0.6) is 0 Å². The molecule has 7 heteroatoms. The molecule has 2 heterocycles. The monoisotopic (exact) mass is 318 g/mol. The molecule has 1 amide bonds. The van der Waals surface area contributed by atoms with E-state index in [1.54, 1.807) is 19.1 Å². The molecule has 1 aromatic heterocycles. The smallest absolute Gasteiger partial charge is 0.244 e. The summed E-state index contributed by atoms with van der Waals surface area (Å²) < 4.78 is 19.0. The van der Waals surface area contributed by atoms with E-state index in [0.717, 1.165) is 13.0 Å². The molecule has 2 N–H and O–H groups in total. The van der Waals surface area contributed by atoms with Crippen molar-refractivity contribution >= 4 is 5.91 Å². The van der Waals surface area contributed by atoms with E-state index in [1.165, 1.54) is 6.07 Å². The molecule has 6 nitrogen and oxygen atoms in total. The molecule has 23 heavy (non-hydrogen) atoms. The molecule has 2 aromatic rings. The van der Waals surface area contributed by atoms with Crippen molar-refractivity contribution < 1.29 is 13.7 Å². The normalized spacial score (nSPS) is 19.9. The maximum atomic E-state index is 13.7. The molecule has 0 spiro atoms. The van der Waals surface area contributed by atoms with E-state index in [-0.39, 0.29) is 23.7 Å². The van der Waals surface area contributed by atoms with Crippen LogP contribution in [0.2, 0.25) is 0 Å². The number of nitrogens with two attached hydrogens (primary N) is 1. The number of hydrogen-bond donors (Lipinski definition) is 1. The Morgan fingerprint density at radius 3 is 2.96 bits per heavy atom. The Bertz CT molecular complexity index is 731. The van der Waals surface area contributed by atoms with Crippen LogP contribution in [0.3, 0.4) is 0 Å². The zero-order valence-electron chi connectivity index (χ0n) is 13.1. The Hall–Kier alpha value is -2.28. The first-order chi connectivity index (χ1) is 11.0. The van der Waals surface area contributed by atoms with Crippen molar-refractivity contribution in [3.63, 3.8) is 0 Å². The first-order valence-electron chi connectivity index (χ1n) is 7.59. The number of primary amides is 1. The summed E-state index contributed by atoms with van der Waals surface area (Å²) in [7, 11) is 0. The lowest BCUT2D eigenvalue weighted by atomic mass is 10.1. The molecule has 0 radical (unpaired) electrons. The SMILES string of the molecule is Cc1ccc(-c2noc([C@H](C)N3CC[C@H](C(N)=O)C3)n2)cc1F. The van der Waals surface area contributed by atoms with Gasteiger partial charge in [-0.2, -0.15) is 4.98 Å². The second-order valence-corrected chi connectivity index (χ2v) is 5.98. The number of nitrogens with zero attached hydrogens (tertiary/aromatic N) is 3. The third-order valence-corrected chi connectivity index (χ3v) is 4.40. The fraction of sp³-hybridized carbons (Fsp3) is 0.438. The largest absolute Gasteiger partial charge is 0.369 e. The lowest BCUT2D eigenvalue weighted by Gasteiger charge is -2.20. The van der Waals surface area contributed by atoms with E-state index in [1.807, 2.05) is 6.92 Å². The minimum absolute atomic E-state index is 0.115. The number of benzene rings is 1. The molecule has 0 bridgehead atoms. The molecule has 1 aliphatic rings. The van der Waals surface area contributed by atoms with Crippen molar-refractivity contribution in [1.82, 2.24) is 15.0 Å². The van der Waals surface area contributed by atoms with E-state index in [0.29, 0.717) is 29.4 Å². The molecular weight excluding hydrogens is 299 g/mol. The fourth-order valence-corrected chi connectivity index (χ4v) is 2.78. The Morgan fingerprint density at radius 2 is 2.30 bits per heavy atom. The van der Waals surface area contributed by atoms with E-state index in [9.17, 15) is 9.18 Å². The van der Waals surface area contributed by atoms with E-state index >= 15 is 0 Å². The zero-order valence-corrected chi connectivity index (χ0v) is 13.1. The first-order valence-corrected chi connectivity index (χ1v) is 7.59. The average molecular weight is 318 g/mol. The molecular formula is C16H19FN4O2. The number of hydrogen-bond acceptors (Lipinski definition) is 5. The van der Waals surface area contributed by atoms with Crippen LogP contribution in [0.4, 0.5) is 4.39 Å². The van der Waals surface area contributed by atoms with E-state index in [2.05, 4.69) is 15.0 Å². The van der Waals surface area contributed by atoms with Crippen LogP contribution in [0.15, 0.2) is 22.7 Å². The van der Waals surface area contributed by atoms with Gasteiger partial charge in [0.25, 0.3) is 0 Å². The van der Waals surface area contributed by atoms with Crippen LogP contribution in [-0.2, 0) is 4.79 Å². The van der Waals surface area contributed by atoms with Gasteiger partial charge in [-0.15, -0.1) is 0 Å². The number of halogens is 1. The Labute approximate surface area is 133 Å². The van der Waals surface area contributed by atoms with Crippen LogP contribution in [0.1, 0.15) is 30.8 Å². The second-order valence-electron chi connectivity index (χ2n) is 5.98. The second kappa shape index (κ2) is 6.08. The maximum Gasteiger partial charge on any atom is 0.244 e. The number of carbonyl (C=O) groups excluding carboxylic acids is 1. The highest BCUT2D eigenvalue weighted by Gasteiger charge is 2.32. The summed E-state index contributed by atoms with van der Waals surface area (Å²) in [4.78, 5) is 17.7. The molecule has 2 atom stereocenters. The van der Waals surface area contributed by atoms with Crippen LogP contribution in [0, 0.1) is 18.7 Å². The van der Waals surface area contributed by atoms with Crippen LogP contribution in [-0.4, -0.2) is 34.0 Å². The van der Waals surface area contributed by atoms with Crippen molar-refractivity contribution in [3.05, 3.63) is 35.5 Å². The van der Waals surface area contributed by atoms with Crippen molar-refractivity contribution in [2.45, 2.75) is 26.3 Å². The van der Waals surface area contributed by atoms with Gasteiger partial charge < -0.3 is 10.3 Å². The van der Waals surface area contributed by atoms with E-state index in [4.69, 9.17) is 10.3 Å². The zero-order chi connectivity index (χ0) is 16.6. The Kier molecular flexibility index (Phi) is 4.12. The van der Waals surface area contributed by atoms with Crippen molar-refractivity contribution in [2.24, 2.45) is 11.7 Å². The third kappa shape index (κ3) is 3.10. The predicted molar refractivity (Wildman–Crippen MR) is 81.7 cm³/mol. The summed E-state index contributed by atoms with van der Waals surface area (Å²) in [6, 6.07) is 4.72. The van der Waals surface area contributed by atoms with Crippen LogP contribution in [0.25, 0.3) is 11.4 Å². The molecule has 1 aromatic carbocycles. The number of rotatable bonds is 4. The number of aromatic nitrogens is 2. The molecule has 1 fully saturated rings. The van der Waals surface area contributed by atoms with Gasteiger partial charge in [-0.05, 0) is 38.4 Å². The first kappa shape index (κ1) is 15.6. The van der Waals surface area contributed by atoms with Gasteiger partial charge in [0, 0.05) is 12.1 Å². The molecule has 0 saturated carbocycles. The van der Waals surface area contributed by atoms with Crippen molar-refractivity contribution in [3.8, 4) is 11.4 Å². The highest BCUT2D eigenvalue weighted by molar-refractivity contribution is 5.77. The highest BCUT2D eigenvalue weighted by atomic mass is 19.1. The summed E-state index contributed by atoms with van der Waals surface area (Å²) in [6.07, 6.45) is 0.740. The van der Waals surface area contributed by atoms with Crippen molar-refractivity contribution in [1.29, 1.82) is 0 Å². The van der Waals surface area contributed by atoms with Gasteiger partial charge in [0.05, 0.1) is 12.0 Å². The fourth-order valence-electron chi connectivity index (χ4n) is 2.78. The molecule has 122 valence electrons. The molecule has 3 rings (SSSR count). The maximum absolute atomic E-state index is 13.7. The molecule has 1 aliphatic heterocycles. The highest BCUT2D eigenvalue weighted by Crippen LogP contribution is 2.28. The summed E-state index contributed by atoms with van der Waals surface area (Å²) >= 11 is 0. The molecule has 0 aliphatic carbocycles. The minimum Gasteiger partial charge on any atom is -0.369 e. The van der Waals surface area contributed by atoms with Gasteiger partial charge in [-0.1, -0.05) is 17.3 Å². The lowest BCUT2D eigenvalue weighted by Crippen LogP contribution is -2.29. The summed E-state index contributed by atoms with van der Waals surface area (Å²) in [6.45, 7) is 4.99. The number of amides is 1. The van der Waals surface area contributed by atoms with Gasteiger partial charge >= 0.3 is 0 Å². The predicted octanol–water partition coefficient (Wildman–Crippen LogP) is 2.05. The average Bonchev–Trinajstić information content (AvgIpc) is 3.18. The lowest BCUT2D eigenvalue weighted by molar-refractivity contribution is -0.121. The van der Waals surface area contributed by atoms with E-state index < -0.39 is 0 Å². The van der Waals surface area contributed by atoms with Gasteiger partial charge in [-0.25, -0.2) is 4.39 Å². The third-order valence-electron chi connectivity index (χ3n) is 4.40. The summed E-state index contributed by atoms with van der Waals surface area (Å²) in [5.74, 6) is 0.0975. The van der Waals surface area contributed by atoms with Crippen LogP contribution < -0.4 is 5.73 Å². The molecule has 1 saturated heterocycles. The summed E-state index contributed by atoms with van der Waals surface area (Å²) in [5, 5.41) is 3.93. The number of aryl methyl sites for hydroxylation is 1.